The van der Waals surface area contributed by atoms with Crippen LogP contribution in [-0.2, 0) is 35.3 Å². The molecule has 6 atom stereocenters. The van der Waals surface area contributed by atoms with Gasteiger partial charge in [0.05, 0.1) is 6.10 Å². The summed E-state index contributed by atoms with van der Waals surface area (Å²) in [4.78, 5) is 38.0. The Morgan fingerprint density at radius 1 is 1.30 bits per heavy atom. The van der Waals surface area contributed by atoms with E-state index in [-0.39, 0.29) is 6.10 Å². The van der Waals surface area contributed by atoms with Crippen LogP contribution in [0.5, 0.6) is 5.75 Å². The van der Waals surface area contributed by atoms with Crippen molar-refractivity contribution in [3.05, 3.63) is 63.4 Å². The Kier molecular flexibility index (Phi) is 9.40. The largest absolute Gasteiger partial charge is 0.462 e. The van der Waals surface area contributed by atoms with Crippen LogP contribution in [0.15, 0.2) is 52.2 Å². The molecule has 0 spiro atoms. The van der Waals surface area contributed by atoms with E-state index in [0.29, 0.717) is 5.75 Å². The summed E-state index contributed by atoms with van der Waals surface area (Å²) in [7, 11) is 1.15. The van der Waals surface area contributed by atoms with Gasteiger partial charge in [-0.1, -0.05) is 18.2 Å². The standard InChI is InChI=1S/C22H29FN3O9PS/c1-13(2)33-20(29)14(3)25-36(37,35-15-8-6-5-7-9-15)32-12-22(31-4)18(28)17(23)19(34-22)26-11-10-16(27)24-21(26)30/h5-11,13-14,17-19,28H,12H2,1-4H3,(H,25,37)(H,24,27,30)/t14-,17-,18+,19-,22-,36?/m1/s1. The lowest BCUT2D eigenvalue weighted by Gasteiger charge is -2.33. The van der Waals surface area contributed by atoms with Gasteiger partial charge in [-0.05, 0) is 44.7 Å². The Morgan fingerprint density at radius 3 is 2.57 bits per heavy atom. The maximum atomic E-state index is 15.1. The van der Waals surface area contributed by atoms with E-state index in [1.54, 1.807) is 44.2 Å². The molecule has 2 heterocycles. The molecule has 204 valence electrons. The maximum Gasteiger partial charge on any atom is 0.330 e. The molecule has 37 heavy (non-hydrogen) atoms. The molecule has 0 amide bonds. The average Bonchev–Trinajstić information content (AvgIpc) is 3.08. The number of rotatable bonds is 11. The second-order valence-corrected chi connectivity index (χ2v) is 11.6. The van der Waals surface area contributed by atoms with Crippen LogP contribution in [0.25, 0.3) is 0 Å². The van der Waals surface area contributed by atoms with Gasteiger partial charge in [-0.25, -0.2) is 14.3 Å². The summed E-state index contributed by atoms with van der Waals surface area (Å²) in [6, 6.07) is 8.45. The minimum absolute atomic E-state index is 0.322. The van der Waals surface area contributed by atoms with Crippen molar-refractivity contribution in [1.82, 2.24) is 14.6 Å². The second kappa shape index (κ2) is 11.9. The number of esters is 1. The van der Waals surface area contributed by atoms with E-state index in [1.807, 2.05) is 4.98 Å². The molecule has 3 N–H and O–H groups in total. The van der Waals surface area contributed by atoms with Gasteiger partial charge < -0.3 is 28.4 Å². The number of para-hydroxylation sites is 1. The third-order valence-electron chi connectivity index (χ3n) is 5.28. The molecule has 2 aromatic rings. The molecule has 3 rings (SSSR count). The van der Waals surface area contributed by atoms with E-state index in [1.165, 1.54) is 6.92 Å². The number of aliphatic hydroxyl groups is 1. The first-order chi connectivity index (χ1) is 17.4. The van der Waals surface area contributed by atoms with Gasteiger partial charge >= 0.3 is 18.3 Å². The number of hydrogen-bond acceptors (Lipinski definition) is 10. The van der Waals surface area contributed by atoms with Crippen LogP contribution in [0.3, 0.4) is 0 Å². The predicted octanol–water partition coefficient (Wildman–Crippen LogP) is 1.36. The smallest absolute Gasteiger partial charge is 0.330 e. The van der Waals surface area contributed by atoms with Gasteiger partial charge in [0.15, 0.2) is 12.4 Å². The van der Waals surface area contributed by atoms with Crippen LogP contribution in [0.1, 0.15) is 27.0 Å². The van der Waals surface area contributed by atoms with Gasteiger partial charge in [-0.2, -0.15) is 0 Å². The molecule has 1 aromatic carbocycles. The monoisotopic (exact) mass is 561 g/mol. The highest BCUT2D eigenvalue weighted by Gasteiger charge is 2.58. The molecule has 0 radical (unpaired) electrons. The van der Waals surface area contributed by atoms with E-state index in [4.69, 9.17) is 35.1 Å². The van der Waals surface area contributed by atoms with Crippen molar-refractivity contribution in [1.29, 1.82) is 0 Å². The minimum atomic E-state index is -3.58. The zero-order chi connectivity index (χ0) is 27.4. The summed E-state index contributed by atoms with van der Waals surface area (Å²) in [5, 5.41) is 13.5. The van der Waals surface area contributed by atoms with Gasteiger partial charge in [-0.15, -0.1) is 0 Å². The summed E-state index contributed by atoms with van der Waals surface area (Å²) < 4.78 is 43.8. The molecule has 0 aliphatic carbocycles. The van der Waals surface area contributed by atoms with Crippen molar-refractivity contribution in [2.24, 2.45) is 0 Å². The van der Waals surface area contributed by atoms with Crippen molar-refractivity contribution >= 4 is 24.4 Å². The number of hydrogen-bond donors (Lipinski definition) is 3. The van der Waals surface area contributed by atoms with Crippen LogP contribution >= 0.6 is 6.64 Å². The molecule has 1 saturated heterocycles. The zero-order valence-corrected chi connectivity index (χ0v) is 22.2. The normalized spacial score (nSPS) is 26.0. The SMILES string of the molecule is CO[C@]1(COP(=S)(N[C@H](C)C(=O)OC(C)C)Oc2ccccc2)O[C@@H](n2ccc(=O)[nH]c2=O)[C@H](F)[C@@H]1O. The van der Waals surface area contributed by atoms with Gasteiger partial charge in [0.25, 0.3) is 5.56 Å². The first-order valence-electron chi connectivity index (χ1n) is 11.2. The number of methoxy groups -OCH3 is 1. The third-order valence-corrected chi connectivity index (χ3v) is 7.76. The van der Waals surface area contributed by atoms with Crippen LogP contribution in [0.2, 0.25) is 0 Å². The third kappa shape index (κ3) is 6.90. The van der Waals surface area contributed by atoms with E-state index in [0.717, 1.165) is 23.9 Å². The number of halogens is 1. The number of alkyl halides is 1. The number of carbonyl (C=O) groups excluding carboxylic acids is 1. The molecular formula is C22H29FN3O9PS. The fourth-order valence-corrected chi connectivity index (χ4v) is 5.83. The fraction of sp³-hybridized carbons (Fsp3) is 0.500. The Hall–Kier alpha value is -2.45. The molecule has 0 bridgehead atoms. The van der Waals surface area contributed by atoms with Gasteiger partial charge in [0, 0.05) is 19.4 Å². The van der Waals surface area contributed by atoms with Gasteiger partial charge in [0.2, 0.25) is 5.79 Å². The number of nitrogens with one attached hydrogen (secondary N) is 2. The predicted molar refractivity (Wildman–Crippen MR) is 133 cm³/mol. The number of aromatic nitrogens is 2. The molecule has 1 aromatic heterocycles. The maximum absolute atomic E-state index is 15.1. The van der Waals surface area contributed by atoms with Crippen molar-refractivity contribution in [2.45, 2.75) is 57.2 Å². The summed E-state index contributed by atoms with van der Waals surface area (Å²) in [6.45, 7) is 0.654. The van der Waals surface area contributed by atoms with E-state index in [9.17, 15) is 19.5 Å². The van der Waals surface area contributed by atoms with Crippen LogP contribution in [-0.4, -0.2) is 64.6 Å². The number of carbonyl (C=O) groups is 1. The highest BCUT2D eigenvalue weighted by molar-refractivity contribution is 8.09. The first kappa shape index (κ1) is 29.1. The van der Waals surface area contributed by atoms with Crippen molar-refractivity contribution in [3.8, 4) is 5.75 Å². The summed E-state index contributed by atoms with van der Waals surface area (Å²) in [6.07, 6.45) is -5.06. The van der Waals surface area contributed by atoms with Crippen LogP contribution < -0.4 is 20.9 Å². The lowest BCUT2D eigenvalue weighted by atomic mass is 10.1. The number of nitrogens with zero attached hydrogens (tertiary/aromatic N) is 1. The van der Waals surface area contributed by atoms with E-state index >= 15 is 4.39 Å². The zero-order valence-electron chi connectivity index (χ0n) is 20.5. The van der Waals surface area contributed by atoms with Crippen molar-refractivity contribution in [2.75, 3.05) is 13.7 Å². The first-order valence-corrected chi connectivity index (χ1v) is 13.9. The number of H-pyrrole nitrogens is 1. The van der Waals surface area contributed by atoms with Gasteiger partial charge in [0.1, 0.15) is 24.5 Å². The van der Waals surface area contributed by atoms with Crippen molar-refractivity contribution < 1.29 is 37.5 Å². The van der Waals surface area contributed by atoms with Crippen molar-refractivity contribution in [3.63, 3.8) is 0 Å². The molecule has 0 saturated carbocycles. The summed E-state index contributed by atoms with van der Waals surface area (Å²) >= 11 is 5.62. The minimum Gasteiger partial charge on any atom is -0.462 e. The van der Waals surface area contributed by atoms with E-state index in [2.05, 4.69) is 5.09 Å². The lowest BCUT2D eigenvalue weighted by molar-refractivity contribution is -0.266. The quantitative estimate of drug-likeness (QED) is 0.270. The molecule has 1 aliphatic heterocycles. The molecule has 1 aliphatic rings. The highest BCUT2D eigenvalue weighted by Crippen LogP contribution is 2.48. The Morgan fingerprint density at radius 2 is 1.97 bits per heavy atom. The topological polar surface area (TPSA) is 150 Å². The Balaban J connectivity index is 1.86. The molecule has 15 heteroatoms. The van der Waals surface area contributed by atoms with Crippen LogP contribution in [0, 0.1) is 0 Å². The van der Waals surface area contributed by atoms with Gasteiger partial charge in [-0.3, -0.25) is 19.1 Å². The number of benzene rings is 1. The number of ether oxygens (including phenoxy) is 3. The summed E-state index contributed by atoms with van der Waals surface area (Å²) in [5.74, 6) is -2.40. The number of aliphatic hydroxyl groups excluding tert-OH is 1. The number of aromatic amines is 1. The van der Waals surface area contributed by atoms with E-state index < -0.39 is 60.8 Å². The Labute approximate surface area is 216 Å². The highest BCUT2D eigenvalue weighted by atomic mass is 32.5. The molecule has 12 nitrogen and oxygen atoms in total. The summed E-state index contributed by atoms with van der Waals surface area (Å²) in [5.41, 5.74) is -1.64. The average molecular weight is 562 g/mol. The molecule has 1 fully saturated rings. The fourth-order valence-electron chi connectivity index (χ4n) is 3.43. The molecule has 1 unspecified atom stereocenters. The Bertz CT molecular complexity index is 1240. The molecular weight excluding hydrogens is 532 g/mol. The van der Waals surface area contributed by atoms with Crippen LogP contribution in [0.4, 0.5) is 4.39 Å². The lowest BCUT2D eigenvalue weighted by Crippen LogP contribution is -2.48. The second-order valence-electron chi connectivity index (χ2n) is 8.44.